The first kappa shape index (κ1) is 13.9. The summed E-state index contributed by atoms with van der Waals surface area (Å²) in [5.74, 6) is 0.601. The highest BCUT2D eigenvalue weighted by molar-refractivity contribution is 5.63. The van der Waals surface area contributed by atoms with Crippen LogP contribution in [0.3, 0.4) is 0 Å². The summed E-state index contributed by atoms with van der Waals surface area (Å²) in [6, 6.07) is 15.7. The summed E-state index contributed by atoms with van der Waals surface area (Å²) in [4.78, 5) is 2.48. The second kappa shape index (κ2) is 5.77. The van der Waals surface area contributed by atoms with Gasteiger partial charge in [0, 0.05) is 18.8 Å². The van der Waals surface area contributed by atoms with Gasteiger partial charge in [-0.3, -0.25) is 0 Å². The number of rotatable bonds is 4. The minimum atomic E-state index is 0.601. The number of hydrogen-bond donors (Lipinski definition) is 0. The molecule has 1 nitrogen and oxygen atoms in total. The minimum Gasteiger partial charge on any atom is -0.367 e. The van der Waals surface area contributed by atoms with E-state index in [-0.39, 0.29) is 0 Å². The Labute approximate surface area is 127 Å². The zero-order chi connectivity index (χ0) is 14.8. The molecule has 0 radical (unpaired) electrons. The fraction of sp³-hybridized carbons (Fsp3) is 0.300. The Morgan fingerprint density at radius 3 is 2.57 bits per heavy atom. The van der Waals surface area contributed by atoms with Gasteiger partial charge in [-0.25, -0.2) is 0 Å². The van der Waals surface area contributed by atoms with Gasteiger partial charge in [-0.1, -0.05) is 56.8 Å². The average molecular weight is 277 g/mol. The van der Waals surface area contributed by atoms with Gasteiger partial charge < -0.3 is 4.90 Å². The van der Waals surface area contributed by atoms with Gasteiger partial charge in [0.2, 0.25) is 0 Å². The highest BCUT2D eigenvalue weighted by Crippen LogP contribution is 2.30. The fourth-order valence-corrected chi connectivity index (χ4v) is 3.01. The fourth-order valence-electron chi connectivity index (χ4n) is 3.01. The van der Waals surface area contributed by atoms with E-state index >= 15 is 0 Å². The van der Waals surface area contributed by atoms with Gasteiger partial charge in [0.15, 0.2) is 0 Å². The Morgan fingerprint density at radius 2 is 1.90 bits per heavy atom. The maximum absolute atomic E-state index is 3.85. The third-order valence-electron chi connectivity index (χ3n) is 4.35. The second-order valence-corrected chi connectivity index (χ2v) is 6.16. The number of anilines is 1. The van der Waals surface area contributed by atoms with Crippen molar-refractivity contribution < 1.29 is 0 Å². The molecule has 2 aromatic carbocycles. The standard InChI is InChI=1S/C20H23N/c1-4-16-7-10-20-19(13-16)11-12-21(20)14-17-5-8-18(9-6-17)15(2)3/h4-10,13,15H,1,11-12,14H2,2-3H3. The molecular weight excluding hydrogens is 254 g/mol. The molecule has 0 saturated carbocycles. The smallest absolute Gasteiger partial charge is 0.0429 e. The molecule has 3 rings (SSSR count). The summed E-state index contributed by atoms with van der Waals surface area (Å²) in [6.45, 7) is 10.4. The van der Waals surface area contributed by atoms with Crippen molar-refractivity contribution in [3.63, 3.8) is 0 Å². The SMILES string of the molecule is C=Cc1ccc2c(c1)CCN2Cc1ccc(C(C)C)cc1. The van der Waals surface area contributed by atoms with Crippen LogP contribution in [0.4, 0.5) is 5.69 Å². The molecule has 0 N–H and O–H groups in total. The lowest BCUT2D eigenvalue weighted by molar-refractivity contribution is 0.830. The van der Waals surface area contributed by atoms with E-state index in [0.717, 1.165) is 19.5 Å². The van der Waals surface area contributed by atoms with Gasteiger partial charge in [-0.2, -0.15) is 0 Å². The first-order valence-electron chi connectivity index (χ1n) is 7.76. The van der Waals surface area contributed by atoms with Gasteiger partial charge in [0.25, 0.3) is 0 Å². The van der Waals surface area contributed by atoms with E-state index in [1.54, 1.807) is 0 Å². The second-order valence-electron chi connectivity index (χ2n) is 6.16. The first-order chi connectivity index (χ1) is 10.2. The number of hydrogen-bond acceptors (Lipinski definition) is 1. The molecule has 2 aromatic rings. The molecule has 0 saturated heterocycles. The lowest BCUT2D eigenvalue weighted by atomic mass is 10.0. The summed E-state index contributed by atoms with van der Waals surface area (Å²) in [5.41, 5.74) is 6.85. The Kier molecular flexibility index (Phi) is 3.83. The van der Waals surface area contributed by atoms with E-state index in [9.17, 15) is 0 Å². The van der Waals surface area contributed by atoms with Crippen LogP contribution in [0.25, 0.3) is 6.08 Å². The van der Waals surface area contributed by atoms with Crippen molar-refractivity contribution in [2.45, 2.75) is 32.7 Å². The van der Waals surface area contributed by atoms with Gasteiger partial charge in [0.05, 0.1) is 0 Å². The molecule has 0 bridgehead atoms. The zero-order valence-electron chi connectivity index (χ0n) is 13.0. The number of fused-ring (bicyclic) bond motifs is 1. The molecule has 108 valence electrons. The lowest BCUT2D eigenvalue weighted by Gasteiger charge is -2.20. The van der Waals surface area contributed by atoms with Gasteiger partial charge in [-0.15, -0.1) is 0 Å². The summed E-state index contributed by atoms with van der Waals surface area (Å²) in [5, 5.41) is 0. The normalized spacial score (nSPS) is 13.6. The highest BCUT2D eigenvalue weighted by atomic mass is 15.1. The van der Waals surface area contributed by atoms with E-state index in [2.05, 4.69) is 67.8 Å². The number of nitrogens with zero attached hydrogens (tertiary/aromatic N) is 1. The molecule has 1 aliphatic heterocycles. The van der Waals surface area contributed by atoms with Crippen molar-refractivity contribution in [1.82, 2.24) is 0 Å². The van der Waals surface area contributed by atoms with Crippen molar-refractivity contribution in [2.24, 2.45) is 0 Å². The van der Waals surface area contributed by atoms with Crippen LogP contribution in [0.2, 0.25) is 0 Å². The van der Waals surface area contributed by atoms with E-state index in [1.165, 1.54) is 27.9 Å². The first-order valence-corrected chi connectivity index (χ1v) is 7.76. The van der Waals surface area contributed by atoms with Gasteiger partial charge >= 0.3 is 0 Å². The van der Waals surface area contributed by atoms with Crippen LogP contribution < -0.4 is 4.90 Å². The summed E-state index contributed by atoms with van der Waals surface area (Å²) in [7, 11) is 0. The van der Waals surface area contributed by atoms with E-state index in [4.69, 9.17) is 0 Å². The molecule has 21 heavy (non-hydrogen) atoms. The highest BCUT2D eigenvalue weighted by Gasteiger charge is 2.19. The molecule has 1 heteroatoms. The molecule has 1 heterocycles. The largest absolute Gasteiger partial charge is 0.367 e. The van der Waals surface area contributed by atoms with Crippen LogP contribution in [0.15, 0.2) is 49.0 Å². The maximum atomic E-state index is 3.85. The Balaban J connectivity index is 1.77. The average Bonchev–Trinajstić information content (AvgIpc) is 2.90. The van der Waals surface area contributed by atoms with Crippen molar-refractivity contribution >= 4 is 11.8 Å². The molecule has 0 aliphatic carbocycles. The predicted molar refractivity (Wildman–Crippen MR) is 91.8 cm³/mol. The van der Waals surface area contributed by atoms with Crippen LogP contribution >= 0.6 is 0 Å². The third kappa shape index (κ3) is 2.87. The van der Waals surface area contributed by atoms with Crippen molar-refractivity contribution in [3.8, 4) is 0 Å². The van der Waals surface area contributed by atoms with Crippen molar-refractivity contribution in [1.29, 1.82) is 0 Å². The molecule has 0 unspecified atom stereocenters. The van der Waals surface area contributed by atoms with Crippen LogP contribution in [0.5, 0.6) is 0 Å². The summed E-state index contributed by atoms with van der Waals surface area (Å²) >= 11 is 0. The van der Waals surface area contributed by atoms with E-state index in [1.807, 2.05) is 6.08 Å². The molecule has 0 fully saturated rings. The molecule has 0 aromatic heterocycles. The van der Waals surface area contributed by atoms with E-state index < -0.39 is 0 Å². The minimum absolute atomic E-state index is 0.601. The quantitative estimate of drug-likeness (QED) is 0.759. The third-order valence-corrected chi connectivity index (χ3v) is 4.35. The molecule has 0 atom stereocenters. The maximum Gasteiger partial charge on any atom is 0.0429 e. The molecule has 0 amide bonds. The Bertz CT molecular complexity index is 637. The summed E-state index contributed by atoms with van der Waals surface area (Å²) in [6.07, 6.45) is 3.06. The molecule has 0 spiro atoms. The molecule has 1 aliphatic rings. The van der Waals surface area contributed by atoms with Crippen LogP contribution in [0, 0.1) is 0 Å². The van der Waals surface area contributed by atoms with Crippen molar-refractivity contribution in [2.75, 3.05) is 11.4 Å². The van der Waals surface area contributed by atoms with Gasteiger partial charge in [0.1, 0.15) is 0 Å². The van der Waals surface area contributed by atoms with Crippen molar-refractivity contribution in [3.05, 3.63) is 71.3 Å². The van der Waals surface area contributed by atoms with E-state index in [0.29, 0.717) is 5.92 Å². The number of benzene rings is 2. The van der Waals surface area contributed by atoms with Gasteiger partial charge in [-0.05, 0) is 46.7 Å². The zero-order valence-corrected chi connectivity index (χ0v) is 13.0. The van der Waals surface area contributed by atoms with Crippen LogP contribution in [0.1, 0.15) is 42.0 Å². The summed E-state index contributed by atoms with van der Waals surface area (Å²) < 4.78 is 0. The topological polar surface area (TPSA) is 3.24 Å². The van der Waals surface area contributed by atoms with Crippen LogP contribution in [-0.4, -0.2) is 6.54 Å². The monoisotopic (exact) mass is 277 g/mol. The molecular formula is C20H23N. The lowest BCUT2D eigenvalue weighted by Crippen LogP contribution is -2.19. The van der Waals surface area contributed by atoms with Crippen LogP contribution in [-0.2, 0) is 13.0 Å². The predicted octanol–water partition coefficient (Wildman–Crippen LogP) is 5.02. The Hall–Kier alpha value is -2.02. The Morgan fingerprint density at radius 1 is 1.14 bits per heavy atom.